The number of halogens is 1. The number of piperazine rings is 1. The minimum absolute atomic E-state index is 0.0951. The maximum atomic E-state index is 13.9. The lowest BCUT2D eigenvalue weighted by atomic mass is 10.1. The molecule has 1 fully saturated rings. The number of hydrogen-bond acceptors (Lipinski definition) is 5. The van der Waals surface area contributed by atoms with Crippen LogP contribution in [0.15, 0.2) is 59.4 Å². The number of aromatic nitrogens is 2. The zero-order valence-corrected chi connectivity index (χ0v) is 16.9. The van der Waals surface area contributed by atoms with Crippen LogP contribution in [-0.2, 0) is 19.6 Å². The minimum Gasteiger partial charge on any atom is -0.326 e. The maximum Gasteiger partial charge on any atom is 0.271 e. The molecule has 0 aliphatic carbocycles. The molecule has 0 spiro atoms. The first-order valence-corrected chi connectivity index (χ1v) is 10.2. The van der Waals surface area contributed by atoms with Gasteiger partial charge in [0.05, 0.1) is 12.2 Å². The normalized spacial score (nSPS) is 14.7. The van der Waals surface area contributed by atoms with E-state index in [1.165, 1.54) is 10.7 Å². The number of rotatable bonds is 6. The van der Waals surface area contributed by atoms with Gasteiger partial charge in [-0.3, -0.25) is 9.69 Å². The van der Waals surface area contributed by atoms with E-state index < -0.39 is 0 Å². The van der Waals surface area contributed by atoms with Crippen LogP contribution >= 0.6 is 0 Å². The molecule has 0 amide bonds. The molecule has 6 nitrogen and oxygen atoms in total. The second kappa shape index (κ2) is 9.30. The molecule has 2 aromatic carbocycles. The fourth-order valence-electron chi connectivity index (χ4n) is 3.72. The van der Waals surface area contributed by atoms with Gasteiger partial charge in [-0.15, -0.1) is 0 Å². The standard InChI is InChI=1S/C23H26FN5O/c24-21-7-6-18(12-19(21)14-25)22-13-20(16-28-10-8-26-9-11-28)23(30)29(27-22)15-17-4-2-1-3-5-17/h1-7,12-13,26H,8-11,14-16,25H2. The fraction of sp³-hybridized carbons (Fsp3) is 0.304. The third-order valence-corrected chi connectivity index (χ3v) is 5.39. The van der Waals surface area contributed by atoms with Crippen LogP contribution < -0.4 is 16.6 Å². The zero-order chi connectivity index (χ0) is 20.9. The first-order valence-electron chi connectivity index (χ1n) is 10.2. The molecule has 3 aromatic rings. The Kier molecular flexibility index (Phi) is 6.32. The average Bonchev–Trinajstić information content (AvgIpc) is 2.78. The van der Waals surface area contributed by atoms with Gasteiger partial charge in [0, 0.05) is 56.0 Å². The van der Waals surface area contributed by atoms with Crippen molar-refractivity contribution in [2.45, 2.75) is 19.6 Å². The summed E-state index contributed by atoms with van der Waals surface area (Å²) < 4.78 is 15.4. The van der Waals surface area contributed by atoms with Gasteiger partial charge < -0.3 is 11.1 Å². The molecule has 1 aromatic heterocycles. The molecule has 0 radical (unpaired) electrons. The quantitative estimate of drug-likeness (QED) is 0.653. The summed E-state index contributed by atoms with van der Waals surface area (Å²) >= 11 is 0. The van der Waals surface area contributed by atoms with Crippen molar-refractivity contribution in [1.29, 1.82) is 0 Å². The summed E-state index contributed by atoms with van der Waals surface area (Å²) in [5.74, 6) is -0.333. The first-order chi connectivity index (χ1) is 14.6. The van der Waals surface area contributed by atoms with Gasteiger partial charge in [0.2, 0.25) is 0 Å². The monoisotopic (exact) mass is 407 g/mol. The van der Waals surface area contributed by atoms with E-state index in [0.29, 0.717) is 29.9 Å². The number of nitrogens with one attached hydrogen (secondary N) is 1. The van der Waals surface area contributed by atoms with Gasteiger partial charge in [-0.2, -0.15) is 5.10 Å². The Morgan fingerprint density at radius 3 is 2.50 bits per heavy atom. The first kappa shape index (κ1) is 20.4. The van der Waals surface area contributed by atoms with Crippen LogP contribution in [0.25, 0.3) is 11.3 Å². The predicted molar refractivity (Wildman–Crippen MR) is 115 cm³/mol. The molecule has 2 heterocycles. The highest BCUT2D eigenvalue weighted by molar-refractivity contribution is 5.60. The van der Waals surface area contributed by atoms with E-state index >= 15 is 0 Å². The van der Waals surface area contributed by atoms with Crippen LogP contribution in [0.4, 0.5) is 4.39 Å². The van der Waals surface area contributed by atoms with E-state index in [-0.39, 0.29) is 17.9 Å². The van der Waals surface area contributed by atoms with Crippen LogP contribution in [-0.4, -0.2) is 40.9 Å². The van der Waals surface area contributed by atoms with Crippen LogP contribution in [0.5, 0.6) is 0 Å². The lowest BCUT2D eigenvalue weighted by Crippen LogP contribution is -2.44. The van der Waals surface area contributed by atoms with Gasteiger partial charge in [0.25, 0.3) is 5.56 Å². The molecular weight excluding hydrogens is 381 g/mol. The lowest BCUT2D eigenvalue weighted by molar-refractivity contribution is 0.231. The van der Waals surface area contributed by atoms with Crippen molar-refractivity contribution in [3.63, 3.8) is 0 Å². The second-order valence-electron chi connectivity index (χ2n) is 7.54. The Balaban J connectivity index is 1.75. The number of benzene rings is 2. The highest BCUT2D eigenvalue weighted by Crippen LogP contribution is 2.21. The Bertz CT molecular complexity index is 1060. The molecule has 0 atom stereocenters. The van der Waals surface area contributed by atoms with Crippen LogP contribution in [0.3, 0.4) is 0 Å². The fourth-order valence-corrected chi connectivity index (χ4v) is 3.72. The second-order valence-corrected chi connectivity index (χ2v) is 7.54. The van der Waals surface area contributed by atoms with Crippen LogP contribution in [0.2, 0.25) is 0 Å². The van der Waals surface area contributed by atoms with E-state index in [1.54, 1.807) is 12.1 Å². The van der Waals surface area contributed by atoms with E-state index in [4.69, 9.17) is 5.73 Å². The summed E-state index contributed by atoms with van der Waals surface area (Å²) in [4.78, 5) is 15.4. The number of hydrogen-bond donors (Lipinski definition) is 2. The van der Waals surface area contributed by atoms with Crippen LogP contribution in [0, 0.1) is 5.82 Å². The predicted octanol–water partition coefficient (Wildman–Crippen LogP) is 1.96. The lowest BCUT2D eigenvalue weighted by Gasteiger charge is -2.27. The number of nitrogens with zero attached hydrogens (tertiary/aromatic N) is 3. The van der Waals surface area contributed by atoms with Gasteiger partial charge in [0.1, 0.15) is 5.82 Å². The molecular formula is C23H26FN5O. The molecule has 156 valence electrons. The smallest absolute Gasteiger partial charge is 0.271 e. The summed E-state index contributed by atoms with van der Waals surface area (Å²) in [6.45, 7) is 4.66. The van der Waals surface area contributed by atoms with E-state index in [1.807, 2.05) is 36.4 Å². The molecule has 1 saturated heterocycles. The van der Waals surface area contributed by atoms with Gasteiger partial charge >= 0.3 is 0 Å². The molecule has 7 heteroatoms. The SMILES string of the molecule is NCc1cc(-c2cc(CN3CCNCC3)c(=O)n(Cc3ccccc3)n2)ccc1F. The van der Waals surface area contributed by atoms with Crippen molar-refractivity contribution >= 4 is 0 Å². The highest BCUT2D eigenvalue weighted by atomic mass is 19.1. The maximum absolute atomic E-state index is 13.9. The summed E-state index contributed by atoms with van der Waals surface area (Å²) in [6, 6.07) is 16.4. The van der Waals surface area contributed by atoms with E-state index in [0.717, 1.165) is 37.3 Å². The topological polar surface area (TPSA) is 76.2 Å². The summed E-state index contributed by atoms with van der Waals surface area (Å²) in [6.07, 6.45) is 0. The van der Waals surface area contributed by atoms with Crippen LogP contribution in [0.1, 0.15) is 16.7 Å². The molecule has 4 rings (SSSR count). The average molecular weight is 407 g/mol. The number of nitrogens with two attached hydrogens (primary N) is 1. The largest absolute Gasteiger partial charge is 0.326 e. The Morgan fingerprint density at radius 1 is 1.00 bits per heavy atom. The molecule has 1 aliphatic heterocycles. The third kappa shape index (κ3) is 4.64. The summed E-state index contributed by atoms with van der Waals surface area (Å²) in [5, 5.41) is 7.94. The molecule has 30 heavy (non-hydrogen) atoms. The molecule has 0 bridgehead atoms. The van der Waals surface area contributed by atoms with Crippen molar-refractivity contribution < 1.29 is 4.39 Å². The van der Waals surface area contributed by atoms with Gasteiger partial charge in [-0.05, 0) is 29.8 Å². The molecule has 3 N–H and O–H groups in total. The summed E-state index contributed by atoms with van der Waals surface area (Å²) in [7, 11) is 0. The summed E-state index contributed by atoms with van der Waals surface area (Å²) in [5.41, 5.74) is 9.10. The van der Waals surface area contributed by atoms with E-state index in [9.17, 15) is 9.18 Å². The third-order valence-electron chi connectivity index (χ3n) is 5.39. The van der Waals surface area contributed by atoms with E-state index in [2.05, 4.69) is 15.3 Å². The van der Waals surface area contributed by atoms with Crippen molar-refractivity contribution in [2.24, 2.45) is 5.73 Å². The highest BCUT2D eigenvalue weighted by Gasteiger charge is 2.16. The Labute approximate surface area is 175 Å². The van der Waals surface area contributed by atoms with Crippen molar-refractivity contribution in [3.05, 3.63) is 87.5 Å². The Hall–Kier alpha value is -2.87. The van der Waals surface area contributed by atoms with Gasteiger partial charge in [0.15, 0.2) is 0 Å². The Morgan fingerprint density at radius 2 is 1.77 bits per heavy atom. The zero-order valence-electron chi connectivity index (χ0n) is 16.9. The molecule has 0 saturated carbocycles. The van der Waals surface area contributed by atoms with Gasteiger partial charge in [-0.25, -0.2) is 9.07 Å². The molecule has 0 unspecified atom stereocenters. The van der Waals surface area contributed by atoms with Crippen molar-refractivity contribution in [2.75, 3.05) is 26.2 Å². The van der Waals surface area contributed by atoms with Gasteiger partial charge in [-0.1, -0.05) is 30.3 Å². The minimum atomic E-state index is -0.333. The van der Waals surface area contributed by atoms with Crippen molar-refractivity contribution in [1.82, 2.24) is 20.0 Å². The van der Waals surface area contributed by atoms with Crippen molar-refractivity contribution in [3.8, 4) is 11.3 Å². The molecule has 1 aliphatic rings.